The van der Waals surface area contributed by atoms with Gasteiger partial charge in [0.1, 0.15) is 17.3 Å². The minimum absolute atomic E-state index is 0.0328. The number of carbonyl (C=O) groups excluding carboxylic acids is 2. The van der Waals surface area contributed by atoms with Crippen LogP contribution in [0.2, 0.25) is 0 Å². The Morgan fingerprint density at radius 1 is 1.08 bits per heavy atom. The quantitative estimate of drug-likeness (QED) is 0.0941. The lowest BCUT2D eigenvalue weighted by Gasteiger charge is -2.23. The van der Waals surface area contributed by atoms with Crippen molar-refractivity contribution in [2.45, 2.75) is 30.0 Å². The molecule has 0 saturated carbocycles. The number of halogens is 1. The summed E-state index contributed by atoms with van der Waals surface area (Å²) >= 11 is 2.41. The monoisotopic (exact) mass is 561 g/mol. The molecule has 5 rings (SSSR count). The van der Waals surface area contributed by atoms with Crippen molar-refractivity contribution < 1.29 is 23.8 Å². The Morgan fingerprint density at radius 3 is 2.54 bits per heavy atom. The molecule has 1 N–H and O–H groups in total. The minimum Gasteiger partial charge on any atom is -0.507 e. The molecular formula is C29H24FN3O4S2. The normalized spacial score (nSPS) is 16.6. The maximum absolute atomic E-state index is 14.1. The summed E-state index contributed by atoms with van der Waals surface area (Å²) in [6, 6.07) is 18.0. The summed E-state index contributed by atoms with van der Waals surface area (Å²) in [6.45, 7) is 3.72. The molecule has 39 heavy (non-hydrogen) atoms. The lowest BCUT2D eigenvalue weighted by molar-refractivity contribution is -0.132. The van der Waals surface area contributed by atoms with Crippen molar-refractivity contribution in [3.05, 3.63) is 106 Å². The number of anilines is 1. The predicted molar refractivity (Wildman–Crippen MR) is 150 cm³/mol. The van der Waals surface area contributed by atoms with Crippen molar-refractivity contribution in [2.75, 3.05) is 12.0 Å². The number of Topliss-reactive ketones (excluding diaryl/α,β-unsaturated/α-hetero) is 1. The topological polar surface area (TPSA) is 92.6 Å². The van der Waals surface area contributed by atoms with Gasteiger partial charge >= 0.3 is 5.91 Å². The zero-order valence-electron chi connectivity index (χ0n) is 21.3. The van der Waals surface area contributed by atoms with Crippen LogP contribution >= 0.6 is 23.1 Å². The zero-order valence-corrected chi connectivity index (χ0v) is 23.0. The first-order chi connectivity index (χ1) is 18.8. The molecule has 0 radical (unpaired) electrons. The molecule has 0 bridgehead atoms. The highest BCUT2D eigenvalue weighted by Gasteiger charge is 2.48. The van der Waals surface area contributed by atoms with Crippen molar-refractivity contribution in [3.63, 3.8) is 0 Å². The minimum atomic E-state index is -0.937. The Bertz CT molecular complexity index is 1600. The number of aliphatic hydroxyl groups excluding tert-OH is 1. The van der Waals surface area contributed by atoms with Crippen LogP contribution in [-0.2, 0) is 15.3 Å². The fourth-order valence-corrected chi connectivity index (χ4v) is 6.23. The van der Waals surface area contributed by atoms with Gasteiger partial charge in [0, 0.05) is 11.3 Å². The zero-order chi connectivity index (χ0) is 27.7. The lowest BCUT2D eigenvalue weighted by atomic mass is 9.93. The number of methoxy groups -OCH3 is 1. The van der Waals surface area contributed by atoms with Crippen LogP contribution in [0.4, 0.5) is 9.52 Å². The number of carbonyl (C=O) groups is 2. The SMILES string of the molecule is COc1ccc(C2C(=C(O)c3cc(C)ccc3C)C(=O)C(=O)N2c2nnc(SCc3ccccc3F)s2)cc1. The second kappa shape index (κ2) is 11.0. The molecule has 10 heteroatoms. The van der Waals surface area contributed by atoms with E-state index in [1.54, 1.807) is 55.6 Å². The Hall–Kier alpha value is -4.02. The van der Waals surface area contributed by atoms with Crippen LogP contribution < -0.4 is 9.64 Å². The molecule has 1 aliphatic rings. The third-order valence-electron chi connectivity index (χ3n) is 6.44. The van der Waals surface area contributed by atoms with Gasteiger partial charge in [0.05, 0.1) is 18.7 Å². The number of aromatic nitrogens is 2. The van der Waals surface area contributed by atoms with Crippen molar-refractivity contribution in [1.82, 2.24) is 10.2 Å². The molecule has 1 aliphatic heterocycles. The van der Waals surface area contributed by atoms with Gasteiger partial charge in [-0.05, 0) is 54.8 Å². The molecule has 7 nitrogen and oxygen atoms in total. The van der Waals surface area contributed by atoms with Crippen molar-refractivity contribution >= 4 is 45.7 Å². The fraction of sp³-hybridized carbons (Fsp3) is 0.172. The first-order valence-corrected chi connectivity index (χ1v) is 13.8. The first-order valence-electron chi connectivity index (χ1n) is 12.0. The van der Waals surface area contributed by atoms with Crippen molar-refractivity contribution in [3.8, 4) is 5.75 Å². The molecule has 1 fully saturated rings. The van der Waals surface area contributed by atoms with E-state index in [1.165, 1.54) is 22.7 Å². The molecule has 1 aromatic heterocycles. The number of aryl methyl sites for hydroxylation is 2. The van der Waals surface area contributed by atoms with E-state index >= 15 is 0 Å². The Balaban J connectivity index is 1.57. The number of benzene rings is 3. The number of aliphatic hydroxyl groups is 1. The van der Waals surface area contributed by atoms with Gasteiger partial charge in [0.2, 0.25) is 5.13 Å². The fourth-order valence-electron chi connectivity index (χ4n) is 4.38. The van der Waals surface area contributed by atoms with Crippen LogP contribution in [0.5, 0.6) is 5.75 Å². The van der Waals surface area contributed by atoms with Gasteiger partial charge in [-0.3, -0.25) is 14.5 Å². The highest BCUT2D eigenvalue weighted by atomic mass is 32.2. The number of ether oxygens (including phenoxy) is 1. The van der Waals surface area contributed by atoms with Gasteiger partial charge in [-0.1, -0.05) is 71.1 Å². The van der Waals surface area contributed by atoms with E-state index < -0.39 is 17.7 Å². The average Bonchev–Trinajstić information content (AvgIpc) is 3.51. The van der Waals surface area contributed by atoms with Crippen molar-refractivity contribution in [1.29, 1.82) is 0 Å². The highest BCUT2D eigenvalue weighted by Crippen LogP contribution is 2.44. The van der Waals surface area contributed by atoms with Crippen LogP contribution in [0.25, 0.3) is 5.76 Å². The van der Waals surface area contributed by atoms with E-state index in [1.807, 2.05) is 26.0 Å². The molecule has 0 spiro atoms. The Morgan fingerprint density at radius 2 is 1.82 bits per heavy atom. The molecule has 4 aromatic rings. The molecule has 2 heterocycles. The van der Waals surface area contributed by atoms with E-state index in [0.29, 0.717) is 32.5 Å². The van der Waals surface area contributed by atoms with Gasteiger partial charge in [0.25, 0.3) is 5.78 Å². The number of hydrogen-bond donors (Lipinski definition) is 1. The average molecular weight is 562 g/mol. The lowest BCUT2D eigenvalue weighted by Crippen LogP contribution is -2.29. The number of ketones is 1. The number of thioether (sulfide) groups is 1. The van der Waals surface area contributed by atoms with Crippen LogP contribution in [0, 0.1) is 19.7 Å². The number of amides is 1. The summed E-state index contributed by atoms with van der Waals surface area (Å²) in [5.74, 6) is -1.26. The van der Waals surface area contributed by atoms with Crippen LogP contribution in [0.1, 0.15) is 33.9 Å². The first kappa shape index (κ1) is 26.6. The highest BCUT2D eigenvalue weighted by molar-refractivity contribution is 8.00. The van der Waals surface area contributed by atoms with Gasteiger partial charge in [-0.2, -0.15) is 0 Å². The van der Waals surface area contributed by atoms with Crippen molar-refractivity contribution in [2.24, 2.45) is 0 Å². The second-order valence-corrected chi connectivity index (χ2v) is 11.2. The van der Waals surface area contributed by atoms with E-state index in [4.69, 9.17) is 4.74 Å². The molecule has 0 aliphatic carbocycles. The van der Waals surface area contributed by atoms with E-state index in [0.717, 1.165) is 22.5 Å². The summed E-state index contributed by atoms with van der Waals surface area (Å²) in [4.78, 5) is 28.1. The van der Waals surface area contributed by atoms with Gasteiger partial charge in [0.15, 0.2) is 4.34 Å². The summed E-state index contributed by atoms with van der Waals surface area (Å²) < 4.78 is 19.9. The molecule has 1 atom stereocenters. The van der Waals surface area contributed by atoms with Crippen LogP contribution in [0.15, 0.2) is 76.6 Å². The van der Waals surface area contributed by atoms with E-state index in [-0.39, 0.29) is 22.3 Å². The summed E-state index contributed by atoms with van der Waals surface area (Å²) in [5.41, 5.74) is 3.22. The summed E-state index contributed by atoms with van der Waals surface area (Å²) in [6.07, 6.45) is 0. The summed E-state index contributed by atoms with van der Waals surface area (Å²) in [5, 5.41) is 20.0. The Kier molecular flexibility index (Phi) is 7.49. The molecule has 198 valence electrons. The Labute approximate surface area is 233 Å². The van der Waals surface area contributed by atoms with E-state index in [9.17, 15) is 19.1 Å². The number of nitrogens with zero attached hydrogens (tertiary/aromatic N) is 3. The van der Waals surface area contributed by atoms with Gasteiger partial charge in [-0.15, -0.1) is 10.2 Å². The smallest absolute Gasteiger partial charge is 0.301 e. The second-order valence-electron chi connectivity index (χ2n) is 8.99. The molecule has 1 saturated heterocycles. The molecule has 1 amide bonds. The van der Waals surface area contributed by atoms with Crippen LogP contribution in [-0.4, -0.2) is 34.1 Å². The molecule has 1 unspecified atom stereocenters. The third-order valence-corrected chi connectivity index (χ3v) is 8.54. The summed E-state index contributed by atoms with van der Waals surface area (Å²) in [7, 11) is 1.54. The van der Waals surface area contributed by atoms with Gasteiger partial charge in [-0.25, -0.2) is 4.39 Å². The van der Waals surface area contributed by atoms with Gasteiger partial charge < -0.3 is 9.84 Å². The number of hydrogen-bond acceptors (Lipinski definition) is 8. The standard InChI is InChI=1S/C29H24FN3O4S2/c1-16-8-9-17(2)21(14-16)25(34)23-24(18-10-12-20(37-3)13-11-18)33(27(36)26(23)35)28-31-32-29(39-28)38-15-19-6-4-5-7-22(19)30/h4-14,24,34H,15H2,1-3H3. The van der Waals surface area contributed by atoms with E-state index in [2.05, 4.69) is 10.2 Å². The maximum Gasteiger partial charge on any atom is 0.301 e. The largest absolute Gasteiger partial charge is 0.507 e. The molecule has 3 aromatic carbocycles. The number of rotatable bonds is 7. The maximum atomic E-state index is 14.1. The predicted octanol–water partition coefficient (Wildman–Crippen LogP) is 6.22. The molecular weight excluding hydrogens is 537 g/mol. The third kappa shape index (κ3) is 5.17. The van der Waals surface area contributed by atoms with Crippen LogP contribution in [0.3, 0.4) is 0 Å².